The zero-order chi connectivity index (χ0) is 17.2. The molecule has 0 aliphatic heterocycles. The molecule has 0 fully saturated rings. The number of sulfone groups is 1. The van der Waals surface area contributed by atoms with Gasteiger partial charge in [0, 0.05) is 23.6 Å². The Hall–Kier alpha value is -2.45. The van der Waals surface area contributed by atoms with E-state index >= 15 is 0 Å². The number of benzene rings is 2. The van der Waals surface area contributed by atoms with Crippen molar-refractivity contribution < 1.29 is 18.1 Å². The van der Waals surface area contributed by atoms with Gasteiger partial charge < -0.3 is 5.32 Å². The zero-order valence-electron chi connectivity index (χ0n) is 11.8. The van der Waals surface area contributed by atoms with Crippen LogP contribution >= 0.6 is 11.6 Å². The standard InChI is InChI=1S/C14H11ClN2O5S/c1-23(21,22)11-5-2-9(3-6-11)14(18)16-10-4-7-12(15)13(8-10)17(19)20/h2-8H,1H3,(H,16,18). The van der Waals surface area contributed by atoms with E-state index < -0.39 is 20.7 Å². The lowest BCUT2D eigenvalue weighted by atomic mass is 10.2. The Morgan fingerprint density at radius 2 is 1.78 bits per heavy atom. The van der Waals surface area contributed by atoms with Gasteiger partial charge in [0.15, 0.2) is 9.84 Å². The van der Waals surface area contributed by atoms with Crippen LogP contribution in [0.4, 0.5) is 11.4 Å². The van der Waals surface area contributed by atoms with Crippen molar-refractivity contribution in [1.29, 1.82) is 0 Å². The van der Waals surface area contributed by atoms with E-state index in [0.29, 0.717) is 0 Å². The molecule has 0 aromatic heterocycles. The molecule has 0 saturated carbocycles. The minimum absolute atomic E-state index is 0.0366. The van der Waals surface area contributed by atoms with Gasteiger partial charge in [-0.3, -0.25) is 14.9 Å². The van der Waals surface area contributed by atoms with Crippen LogP contribution in [-0.2, 0) is 9.84 Å². The number of rotatable bonds is 4. The maximum absolute atomic E-state index is 12.1. The largest absolute Gasteiger partial charge is 0.322 e. The highest BCUT2D eigenvalue weighted by molar-refractivity contribution is 7.90. The van der Waals surface area contributed by atoms with Crippen LogP contribution in [0.5, 0.6) is 0 Å². The Labute approximate surface area is 137 Å². The first-order valence-electron chi connectivity index (χ1n) is 6.24. The molecule has 0 radical (unpaired) electrons. The Kier molecular flexibility index (Phi) is 4.67. The molecule has 23 heavy (non-hydrogen) atoms. The van der Waals surface area contributed by atoms with E-state index in [9.17, 15) is 23.3 Å². The third-order valence-electron chi connectivity index (χ3n) is 2.95. The molecule has 120 valence electrons. The Morgan fingerprint density at radius 1 is 1.17 bits per heavy atom. The van der Waals surface area contributed by atoms with Crippen molar-refractivity contribution in [1.82, 2.24) is 0 Å². The summed E-state index contributed by atoms with van der Waals surface area (Å²) in [5.41, 5.74) is 0.102. The Morgan fingerprint density at radius 3 is 2.30 bits per heavy atom. The quantitative estimate of drug-likeness (QED) is 0.671. The minimum Gasteiger partial charge on any atom is -0.322 e. The fourth-order valence-electron chi connectivity index (χ4n) is 1.79. The van der Waals surface area contributed by atoms with Crippen molar-refractivity contribution in [3.8, 4) is 0 Å². The maximum atomic E-state index is 12.1. The molecule has 0 heterocycles. The second-order valence-corrected chi connectivity index (χ2v) is 7.10. The van der Waals surface area contributed by atoms with Gasteiger partial charge in [-0.25, -0.2) is 8.42 Å². The average Bonchev–Trinajstić information content (AvgIpc) is 2.48. The van der Waals surface area contributed by atoms with E-state index in [4.69, 9.17) is 11.6 Å². The molecule has 0 atom stereocenters. The SMILES string of the molecule is CS(=O)(=O)c1ccc(C(=O)Nc2ccc(Cl)c([N+](=O)[O-])c2)cc1. The van der Waals surface area contributed by atoms with Gasteiger partial charge in [-0.15, -0.1) is 0 Å². The lowest BCUT2D eigenvalue weighted by Gasteiger charge is -2.06. The number of nitro benzene ring substituents is 1. The minimum atomic E-state index is -3.35. The number of nitrogens with one attached hydrogen (secondary N) is 1. The summed E-state index contributed by atoms with van der Waals surface area (Å²) in [6, 6.07) is 9.22. The lowest BCUT2D eigenvalue weighted by molar-refractivity contribution is -0.384. The first kappa shape index (κ1) is 16.9. The number of anilines is 1. The normalized spacial score (nSPS) is 11.0. The van der Waals surface area contributed by atoms with E-state index in [2.05, 4.69) is 5.32 Å². The predicted octanol–water partition coefficient (Wildman–Crippen LogP) is 2.90. The van der Waals surface area contributed by atoms with Crippen molar-refractivity contribution >= 4 is 38.7 Å². The second kappa shape index (κ2) is 6.35. The molecule has 2 aromatic rings. The van der Waals surface area contributed by atoms with Gasteiger partial charge in [0.05, 0.1) is 9.82 Å². The van der Waals surface area contributed by atoms with Gasteiger partial charge in [-0.05, 0) is 36.4 Å². The number of hydrogen-bond acceptors (Lipinski definition) is 5. The zero-order valence-corrected chi connectivity index (χ0v) is 13.4. The summed E-state index contributed by atoms with van der Waals surface area (Å²) in [4.78, 5) is 22.3. The molecule has 0 bridgehead atoms. The molecule has 1 amide bonds. The summed E-state index contributed by atoms with van der Waals surface area (Å²) in [7, 11) is -3.35. The number of nitro groups is 1. The number of carbonyl (C=O) groups is 1. The molecule has 0 saturated heterocycles. The van der Waals surface area contributed by atoms with Crippen molar-refractivity contribution in [3.05, 3.63) is 63.2 Å². The van der Waals surface area contributed by atoms with Crippen molar-refractivity contribution in [2.75, 3.05) is 11.6 Å². The first-order valence-corrected chi connectivity index (χ1v) is 8.51. The average molecular weight is 355 g/mol. The fourth-order valence-corrected chi connectivity index (χ4v) is 2.60. The monoisotopic (exact) mass is 354 g/mol. The lowest BCUT2D eigenvalue weighted by Crippen LogP contribution is -2.12. The highest BCUT2D eigenvalue weighted by atomic mass is 35.5. The van der Waals surface area contributed by atoms with Crippen LogP contribution in [0.2, 0.25) is 5.02 Å². The third-order valence-corrected chi connectivity index (χ3v) is 4.39. The third kappa shape index (κ3) is 4.05. The number of halogens is 1. The van der Waals surface area contributed by atoms with Crippen molar-refractivity contribution in [3.63, 3.8) is 0 Å². The van der Waals surface area contributed by atoms with Crippen LogP contribution in [0.25, 0.3) is 0 Å². The summed E-state index contributed by atoms with van der Waals surface area (Å²) in [6.45, 7) is 0. The van der Waals surface area contributed by atoms with Crippen LogP contribution in [0.3, 0.4) is 0 Å². The predicted molar refractivity (Wildman–Crippen MR) is 85.6 cm³/mol. The smallest absolute Gasteiger partial charge is 0.289 e. The Bertz CT molecular complexity index is 879. The summed E-state index contributed by atoms with van der Waals surface area (Å²) in [6.07, 6.45) is 1.06. The number of hydrogen-bond donors (Lipinski definition) is 1. The molecule has 9 heteroatoms. The molecule has 0 spiro atoms. The Balaban J connectivity index is 2.22. The molecule has 0 unspecified atom stereocenters. The summed E-state index contributed by atoms with van der Waals surface area (Å²) in [5, 5.41) is 13.3. The molecule has 1 N–H and O–H groups in total. The number of amides is 1. The van der Waals surface area contributed by atoms with Gasteiger partial charge in [-0.1, -0.05) is 11.6 Å². The van der Waals surface area contributed by atoms with Crippen molar-refractivity contribution in [2.24, 2.45) is 0 Å². The fraction of sp³-hybridized carbons (Fsp3) is 0.0714. The molecule has 0 aliphatic rings. The van der Waals surface area contributed by atoms with Crippen LogP contribution in [0.1, 0.15) is 10.4 Å². The van der Waals surface area contributed by atoms with Crippen LogP contribution in [0.15, 0.2) is 47.4 Å². The summed E-state index contributed by atoms with van der Waals surface area (Å²) >= 11 is 5.69. The van der Waals surface area contributed by atoms with Crippen LogP contribution < -0.4 is 5.32 Å². The first-order chi connectivity index (χ1) is 10.7. The summed E-state index contributed by atoms with van der Waals surface area (Å²) in [5.74, 6) is -0.526. The molecule has 2 rings (SSSR count). The van der Waals surface area contributed by atoms with Gasteiger partial charge in [0.2, 0.25) is 0 Å². The number of nitrogens with zero attached hydrogens (tertiary/aromatic N) is 1. The molecule has 7 nitrogen and oxygen atoms in total. The van der Waals surface area contributed by atoms with E-state index in [1.165, 1.54) is 36.4 Å². The highest BCUT2D eigenvalue weighted by Crippen LogP contribution is 2.27. The second-order valence-electron chi connectivity index (χ2n) is 4.67. The molecular formula is C14H11ClN2O5S. The van der Waals surface area contributed by atoms with Gasteiger partial charge in [-0.2, -0.15) is 0 Å². The number of carbonyl (C=O) groups excluding carboxylic acids is 1. The van der Waals surface area contributed by atoms with E-state index in [1.807, 2.05) is 0 Å². The topological polar surface area (TPSA) is 106 Å². The van der Waals surface area contributed by atoms with E-state index in [0.717, 1.165) is 12.3 Å². The molecule has 0 aliphatic carbocycles. The van der Waals surface area contributed by atoms with Gasteiger partial charge >= 0.3 is 0 Å². The van der Waals surface area contributed by atoms with Crippen LogP contribution in [-0.4, -0.2) is 25.5 Å². The van der Waals surface area contributed by atoms with E-state index in [1.54, 1.807) is 0 Å². The highest BCUT2D eigenvalue weighted by Gasteiger charge is 2.15. The van der Waals surface area contributed by atoms with Gasteiger partial charge in [0.25, 0.3) is 11.6 Å². The summed E-state index contributed by atoms with van der Waals surface area (Å²) < 4.78 is 22.7. The van der Waals surface area contributed by atoms with Gasteiger partial charge in [0.1, 0.15) is 5.02 Å². The van der Waals surface area contributed by atoms with Crippen molar-refractivity contribution in [2.45, 2.75) is 4.90 Å². The molecular weight excluding hydrogens is 344 g/mol. The maximum Gasteiger partial charge on any atom is 0.289 e. The van der Waals surface area contributed by atoms with E-state index in [-0.39, 0.29) is 26.9 Å². The molecule has 2 aromatic carbocycles. The van der Waals surface area contributed by atoms with Crippen LogP contribution in [0, 0.1) is 10.1 Å².